The first-order valence-electron chi connectivity index (χ1n) is 9.28. The van der Waals surface area contributed by atoms with Crippen molar-refractivity contribution in [1.29, 1.82) is 0 Å². The number of allylic oxidation sites excluding steroid dienone is 2. The fraction of sp³-hybridized carbons (Fsp3) is 0.304. The number of benzene rings is 2. The lowest BCUT2D eigenvalue weighted by molar-refractivity contribution is 0.471. The van der Waals surface area contributed by atoms with E-state index in [4.69, 9.17) is 6.42 Å². The maximum Gasteiger partial charge on any atom is 0.200 e. The molecule has 1 aliphatic carbocycles. The Morgan fingerprint density at radius 2 is 1.28 bits per heavy atom. The summed E-state index contributed by atoms with van der Waals surface area (Å²) in [5.41, 5.74) is 0.448. The number of terminal acetylenes is 1. The molecule has 0 bridgehead atoms. The summed E-state index contributed by atoms with van der Waals surface area (Å²) in [5.74, 6) is 1.55. The maximum absolute atomic E-state index is 13.9. The van der Waals surface area contributed by atoms with Crippen LogP contribution in [0.4, 0.5) is 0 Å². The van der Waals surface area contributed by atoms with Crippen LogP contribution in [0.15, 0.2) is 82.1 Å². The fourth-order valence-corrected chi connectivity index (χ4v) is 9.26. The third-order valence-corrected chi connectivity index (χ3v) is 11.6. The van der Waals surface area contributed by atoms with Crippen LogP contribution in [0.3, 0.4) is 0 Å². The van der Waals surface area contributed by atoms with Crippen LogP contribution in [0.5, 0.6) is 0 Å². The van der Waals surface area contributed by atoms with E-state index in [0.717, 1.165) is 5.57 Å². The smallest absolute Gasteiger partial charge is 0.200 e. The fourth-order valence-electron chi connectivity index (χ4n) is 3.97. The van der Waals surface area contributed by atoms with Crippen molar-refractivity contribution in [2.24, 2.45) is 11.3 Å². The van der Waals surface area contributed by atoms with Gasteiger partial charge < -0.3 is 0 Å². The van der Waals surface area contributed by atoms with Crippen molar-refractivity contribution in [3.63, 3.8) is 0 Å². The average molecular weight is 429 g/mol. The molecule has 0 spiro atoms. The standard InChI is InChI=1S/C23H24O4S2/c1-5-16-23(18(2)21-17-22(21,3)4,28(24,25)19-12-8-6-9-13-19)29(26,27)20-14-10-7-11-15-20/h1,6-15,17-18H,16H2,2-4H3. The van der Waals surface area contributed by atoms with Gasteiger partial charge in [0.15, 0.2) is 23.8 Å². The zero-order valence-corrected chi connectivity index (χ0v) is 18.3. The molecule has 29 heavy (non-hydrogen) atoms. The van der Waals surface area contributed by atoms with Gasteiger partial charge in [0.1, 0.15) is 0 Å². The van der Waals surface area contributed by atoms with E-state index < -0.39 is 36.1 Å². The first kappa shape index (κ1) is 21.4. The van der Waals surface area contributed by atoms with Gasteiger partial charge in [-0.15, -0.1) is 12.3 Å². The molecular weight excluding hydrogens is 404 g/mol. The van der Waals surface area contributed by atoms with Crippen molar-refractivity contribution in [1.82, 2.24) is 0 Å². The third kappa shape index (κ3) is 3.23. The Balaban J connectivity index is 2.37. The molecule has 0 fully saturated rings. The highest BCUT2D eigenvalue weighted by Gasteiger charge is 2.62. The Morgan fingerprint density at radius 3 is 1.59 bits per heavy atom. The van der Waals surface area contributed by atoms with Crippen LogP contribution in [-0.2, 0) is 19.7 Å². The van der Waals surface area contributed by atoms with Crippen LogP contribution in [-0.4, -0.2) is 20.9 Å². The lowest BCUT2D eigenvalue weighted by Gasteiger charge is -2.37. The molecule has 2 aromatic rings. The minimum absolute atomic E-state index is 0.0549. The summed E-state index contributed by atoms with van der Waals surface area (Å²) in [7, 11) is -8.71. The van der Waals surface area contributed by atoms with Gasteiger partial charge in [-0.25, -0.2) is 16.8 Å². The third-order valence-electron chi connectivity index (χ3n) is 5.67. The topological polar surface area (TPSA) is 68.3 Å². The molecule has 1 unspecified atom stereocenters. The van der Waals surface area contributed by atoms with Crippen molar-refractivity contribution in [3.8, 4) is 12.3 Å². The predicted octanol–water partition coefficient (Wildman–Crippen LogP) is 4.26. The summed E-state index contributed by atoms with van der Waals surface area (Å²) in [6.07, 6.45) is 7.05. The van der Waals surface area contributed by atoms with E-state index in [-0.39, 0.29) is 15.2 Å². The van der Waals surface area contributed by atoms with Gasteiger partial charge in [-0.05, 0) is 24.3 Å². The predicted molar refractivity (Wildman–Crippen MR) is 114 cm³/mol. The van der Waals surface area contributed by atoms with Gasteiger partial charge in [0, 0.05) is 17.8 Å². The lowest BCUT2D eigenvalue weighted by Crippen LogP contribution is -2.51. The van der Waals surface area contributed by atoms with Crippen molar-refractivity contribution >= 4 is 19.7 Å². The van der Waals surface area contributed by atoms with E-state index in [0.29, 0.717) is 0 Å². The normalized spacial score (nSPS) is 17.1. The van der Waals surface area contributed by atoms with Gasteiger partial charge in [-0.3, -0.25) is 0 Å². The molecule has 1 atom stereocenters. The average Bonchev–Trinajstić information content (AvgIpc) is 3.34. The summed E-state index contributed by atoms with van der Waals surface area (Å²) in [4.78, 5) is -0.110. The van der Waals surface area contributed by atoms with E-state index >= 15 is 0 Å². The molecular formula is C23H24O4S2. The molecule has 0 saturated heterocycles. The number of hydrogen-bond acceptors (Lipinski definition) is 4. The van der Waals surface area contributed by atoms with Crippen LogP contribution >= 0.6 is 0 Å². The Bertz CT molecular complexity index is 1120. The molecule has 0 heterocycles. The van der Waals surface area contributed by atoms with Gasteiger partial charge in [0.05, 0.1) is 9.79 Å². The molecule has 0 radical (unpaired) electrons. The van der Waals surface area contributed by atoms with E-state index in [9.17, 15) is 16.8 Å². The quantitative estimate of drug-likeness (QED) is 0.488. The molecule has 2 aromatic carbocycles. The summed E-state index contributed by atoms with van der Waals surface area (Å²) in [6.45, 7) is 5.52. The Hall–Kier alpha value is -2.36. The van der Waals surface area contributed by atoms with Gasteiger partial charge in [-0.2, -0.15) is 0 Å². The maximum atomic E-state index is 13.9. The zero-order chi connectivity index (χ0) is 21.5. The minimum atomic E-state index is -4.36. The van der Waals surface area contributed by atoms with Crippen LogP contribution in [0, 0.1) is 23.7 Å². The van der Waals surface area contributed by atoms with Gasteiger partial charge in [-0.1, -0.05) is 68.8 Å². The number of sulfone groups is 2. The highest BCUT2D eigenvalue weighted by Crippen LogP contribution is 2.56. The monoisotopic (exact) mass is 428 g/mol. The molecule has 0 aliphatic heterocycles. The Kier molecular flexibility index (Phi) is 5.27. The molecule has 0 N–H and O–H groups in total. The second-order valence-electron chi connectivity index (χ2n) is 7.87. The molecule has 152 valence electrons. The molecule has 0 saturated carbocycles. The summed E-state index contributed by atoms with van der Waals surface area (Å²) in [5, 5.41) is 0. The van der Waals surface area contributed by atoms with Gasteiger partial charge in [0.25, 0.3) is 0 Å². The van der Waals surface area contributed by atoms with Crippen molar-refractivity contribution < 1.29 is 16.8 Å². The summed E-state index contributed by atoms with van der Waals surface area (Å²) < 4.78 is 53.6. The van der Waals surface area contributed by atoms with E-state index in [1.54, 1.807) is 43.3 Å². The molecule has 6 heteroatoms. The summed E-state index contributed by atoms with van der Waals surface area (Å²) >= 11 is 0. The van der Waals surface area contributed by atoms with Crippen LogP contribution in [0.1, 0.15) is 27.2 Å². The molecule has 1 aliphatic rings. The van der Waals surface area contributed by atoms with E-state index in [2.05, 4.69) is 5.92 Å². The number of rotatable bonds is 7. The van der Waals surface area contributed by atoms with Crippen molar-refractivity contribution in [2.75, 3.05) is 0 Å². The molecule has 0 aromatic heterocycles. The van der Waals surface area contributed by atoms with Crippen LogP contribution < -0.4 is 0 Å². The molecule has 0 amide bonds. The van der Waals surface area contributed by atoms with E-state index in [1.165, 1.54) is 24.3 Å². The van der Waals surface area contributed by atoms with Crippen LogP contribution in [0.2, 0.25) is 0 Å². The zero-order valence-electron chi connectivity index (χ0n) is 16.7. The van der Waals surface area contributed by atoms with Crippen molar-refractivity contribution in [3.05, 3.63) is 72.3 Å². The lowest BCUT2D eigenvalue weighted by atomic mass is 9.93. The second-order valence-corrected chi connectivity index (χ2v) is 12.5. The second kappa shape index (κ2) is 7.16. The largest absolute Gasteiger partial charge is 0.222 e. The minimum Gasteiger partial charge on any atom is -0.222 e. The number of hydrogen-bond donors (Lipinski definition) is 0. The first-order valence-corrected chi connectivity index (χ1v) is 12.2. The Labute approximate surface area is 173 Å². The highest BCUT2D eigenvalue weighted by atomic mass is 32.3. The first-order chi connectivity index (χ1) is 13.5. The van der Waals surface area contributed by atoms with Crippen molar-refractivity contribution in [2.45, 2.75) is 41.1 Å². The Morgan fingerprint density at radius 1 is 0.897 bits per heavy atom. The molecule has 3 rings (SSSR count). The molecule has 4 nitrogen and oxygen atoms in total. The van der Waals surface area contributed by atoms with E-state index in [1.807, 2.05) is 19.9 Å². The highest BCUT2D eigenvalue weighted by molar-refractivity contribution is 8.10. The van der Waals surface area contributed by atoms with Gasteiger partial charge >= 0.3 is 0 Å². The SMILES string of the molecule is C#CCC(C(C)C1=CC1(C)C)(S(=O)(=O)c1ccccc1)S(=O)(=O)c1ccccc1. The van der Waals surface area contributed by atoms with Gasteiger partial charge in [0.2, 0.25) is 0 Å². The van der Waals surface area contributed by atoms with Crippen LogP contribution in [0.25, 0.3) is 0 Å². The summed E-state index contributed by atoms with van der Waals surface area (Å²) in [6, 6.07) is 15.3.